The number of aromatic nitrogens is 3. The predicted octanol–water partition coefficient (Wildman–Crippen LogP) is 16.9. The Morgan fingerprint density at radius 3 is 1.25 bits per heavy atom. The Morgan fingerprint density at radius 1 is 0.304 bits per heavy atom. The average Bonchev–Trinajstić information content (AvgIpc) is 3.12. The molecule has 0 fully saturated rings. The van der Waals surface area contributed by atoms with Crippen molar-refractivity contribution in [1.82, 2.24) is 13.7 Å². The number of fused-ring (bicyclic) bond motifs is 16. The van der Waals surface area contributed by atoms with Gasteiger partial charge < -0.3 is 28.2 Å². The van der Waals surface area contributed by atoms with Crippen molar-refractivity contribution < 1.29 is 4.74 Å². The van der Waals surface area contributed by atoms with Gasteiger partial charge >= 0.3 is 0 Å². The molecule has 2 aliphatic rings. The SMILES string of the molecule is c1ccc(N(c2ccccc2)c2cc3c4c(c2)N(c2ccccc2)c2cc(-n5c6ccccc6c6c7c(c8ccccc8n7-c7ccccc7)c7c(c8ccccc8n7-c7ccccc7)c65)ccc2B4c2ccccc2O3)cc1. The van der Waals surface area contributed by atoms with Gasteiger partial charge in [0, 0.05) is 83.9 Å². The van der Waals surface area contributed by atoms with Crippen molar-refractivity contribution in [3.05, 3.63) is 279 Å². The summed E-state index contributed by atoms with van der Waals surface area (Å²) in [5, 5.41) is 7.26. The molecule has 15 aromatic rings. The Labute approximate surface area is 456 Å². The van der Waals surface area contributed by atoms with Gasteiger partial charge in [0.2, 0.25) is 0 Å². The lowest BCUT2D eigenvalue weighted by molar-refractivity contribution is 0.487. The van der Waals surface area contributed by atoms with Gasteiger partial charge in [-0.1, -0.05) is 170 Å². The lowest BCUT2D eigenvalue weighted by Crippen LogP contribution is -2.59. The van der Waals surface area contributed by atoms with Gasteiger partial charge in [-0.25, -0.2) is 0 Å². The molecule has 368 valence electrons. The van der Waals surface area contributed by atoms with E-state index >= 15 is 0 Å². The number of anilines is 6. The standard InChI is InChI=1S/C72H46BN5O/c1-6-24-47(25-7-1)74(48-26-8-2-9-27-48)53-45-63-69-65(46-53)79-64-41-23-19-37-58(64)73(69)57-43-42-52(44-62(57)75(63)49-28-10-3-11-29-49)78-61-40-22-18-36-56(61)68-71-66(54-34-16-20-38-59(54)76(71)50-30-12-4-13-31-50)70-67(72(68)78)55-35-17-21-39-60(55)77(70)51-32-14-5-15-33-51/h1-46H. The van der Waals surface area contributed by atoms with Gasteiger partial charge in [-0.15, -0.1) is 0 Å². The number of ether oxygens (including phenoxy) is 1. The van der Waals surface area contributed by atoms with Crippen molar-refractivity contribution in [1.29, 1.82) is 0 Å². The molecule has 5 heterocycles. The van der Waals surface area contributed by atoms with Crippen LogP contribution in [0.2, 0.25) is 0 Å². The normalized spacial score (nSPS) is 12.6. The lowest BCUT2D eigenvalue weighted by Gasteiger charge is -2.41. The zero-order valence-electron chi connectivity index (χ0n) is 42.8. The summed E-state index contributed by atoms with van der Waals surface area (Å²) >= 11 is 0. The molecule has 0 N–H and O–H groups in total. The lowest BCUT2D eigenvalue weighted by atomic mass is 9.34. The first-order valence-electron chi connectivity index (χ1n) is 27.1. The van der Waals surface area contributed by atoms with E-state index in [0.29, 0.717) is 0 Å². The number of para-hydroxylation sites is 9. The Balaban J connectivity index is 1.02. The molecule has 0 atom stereocenters. The van der Waals surface area contributed by atoms with E-state index in [1.54, 1.807) is 0 Å². The number of rotatable bonds is 7. The van der Waals surface area contributed by atoms with Gasteiger partial charge in [0.1, 0.15) is 11.5 Å². The molecule has 0 aliphatic carbocycles. The summed E-state index contributed by atoms with van der Waals surface area (Å²) < 4.78 is 14.7. The van der Waals surface area contributed by atoms with Crippen LogP contribution < -0.4 is 30.9 Å². The molecule has 6 nitrogen and oxygen atoms in total. The van der Waals surface area contributed by atoms with Gasteiger partial charge in [-0.05, 0) is 120 Å². The molecule has 0 saturated heterocycles. The monoisotopic (exact) mass is 1010 g/mol. The van der Waals surface area contributed by atoms with E-state index < -0.39 is 0 Å². The Bertz CT molecular complexity index is 4820. The van der Waals surface area contributed by atoms with Crippen LogP contribution >= 0.6 is 0 Å². The van der Waals surface area contributed by atoms with E-state index in [-0.39, 0.29) is 6.71 Å². The highest BCUT2D eigenvalue weighted by atomic mass is 16.5. The molecule has 0 unspecified atom stereocenters. The molecule has 79 heavy (non-hydrogen) atoms. The van der Waals surface area contributed by atoms with Crippen LogP contribution in [0.25, 0.3) is 82.5 Å². The Hall–Kier alpha value is -10.5. The van der Waals surface area contributed by atoms with Crippen LogP contribution in [-0.4, -0.2) is 20.4 Å². The van der Waals surface area contributed by atoms with Crippen LogP contribution in [0.3, 0.4) is 0 Å². The van der Waals surface area contributed by atoms with Gasteiger partial charge in [-0.2, -0.15) is 0 Å². The van der Waals surface area contributed by atoms with Crippen LogP contribution in [0.15, 0.2) is 279 Å². The third-order valence-electron chi connectivity index (χ3n) is 16.6. The summed E-state index contributed by atoms with van der Waals surface area (Å²) in [6, 6.07) is 102. The minimum Gasteiger partial charge on any atom is -0.458 e. The maximum atomic E-state index is 7.11. The minimum atomic E-state index is -0.107. The van der Waals surface area contributed by atoms with E-state index in [0.717, 1.165) is 84.6 Å². The van der Waals surface area contributed by atoms with Crippen LogP contribution in [0.4, 0.5) is 34.1 Å². The maximum absolute atomic E-state index is 7.11. The second-order valence-corrected chi connectivity index (χ2v) is 20.8. The fraction of sp³-hybridized carbons (Fsp3) is 0. The zero-order chi connectivity index (χ0) is 51.7. The van der Waals surface area contributed by atoms with E-state index in [1.165, 1.54) is 59.8 Å². The molecular formula is C72H46BN5O. The molecular weight excluding hydrogens is 962 g/mol. The Kier molecular flexibility index (Phi) is 9.41. The highest BCUT2D eigenvalue weighted by Crippen LogP contribution is 2.52. The highest BCUT2D eigenvalue weighted by molar-refractivity contribution is 6.99. The maximum Gasteiger partial charge on any atom is 0.256 e. The molecule has 0 spiro atoms. The topological polar surface area (TPSA) is 30.5 Å². The van der Waals surface area contributed by atoms with Crippen LogP contribution in [0.5, 0.6) is 11.5 Å². The van der Waals surface area contributed by atoms with E-state index in [9.17, 15) is 0 Å². The summed E-state index contributed by atoms with van der Waals surface area (Å²) in [5.41, 5.74) is 20.2. The van der Waals surface area contributed by atoms with Crippen molar-refractivity contribution in [3.8, 4) is 28.6 Å². The molecule has 3 aromatic heterocycles. The predicted molar refractivity (Wildman–Crippen MR) is 330 cm³/mol. The number of hydrogen-bond donors (Lipinski definition) is 0. The molecule has 0 bridgehead atoms. The number of nitrogens with zero attached hydrogens (tertiary/aromatic N) is 5. The van der Waals surface area contributed by atoms with E-state index in [4.69, 9.17) is 4.74 Å². The zero-order valence-corrected chi connectivity index (χ0v) is 42.8. The molecule has 12 aromatic carbocycles. The quantitative estimate of drug-likeness (QED) is 0.149. The number of benzene rings is 12. The van der Waals surface area contributed by atoms with Gasteiger partial charge in [0.25, 0.3) is 6.71 Å². The van der Waals surface area contributed by atoms with Crippen molar-refractivity contribution in [3.63, 3.8) is 0 Å². The molecule has 2 aliphatic heterocycles. The fourth-order valence-corrected chi connectivity index (χ4v) is 13.5. The molecule has 0 radical (unpaired) electrons. The second kappa shape index (κ2) is 17.0. The Morgan fingerprint density at radius 2 is 0.734 bits per heavy atom. The fourth-order valence-electron chi connectivity index (χ4n) is 13.5. The largest absolute Gasteiger partial charge is 0.458 e. The first-order chi connectivity index (χ1) is 39.3. The van der Waals surface area contributed by atoms with Crippen molar-refractivity contribution in [2.45, 2.75) is 0 Å². The summed E-state index contributed by atoms with van der Waals surface area (Å²) in [4.78, 5) is 4.83. The third kappa shape index (κ3) is 6.30. The van der Waals surface area contributed by atoms with Gasteiger partial charge in [0.05, 0.1) is 38.8 Å². The van der Waals surface area contributed by atoms with E-state index in [2.05, 4.69) is 303 Å². The average molecular weight is 1010 g/mol. The van der Waals surface area contributed by atoms with Crippen LogP contribution in [-0.2, 0) is 0 Å². The summed E-state index contributed by atoms with van der Waals surface area (Å²) in [6.07, 6.45) is 0. The smallest absolute Gasteiger partial charge is 0.256 e. The number of hydrogen-bond acceptors (Lipinski definition) is 3. The van der Waals surface area contributed by atoms with Crippen molar-refractivity contribution in [2.24, 2.45) is 0 Å². The molecule has 17 rings (SSSR count). The summed E-state index contributed by atoms with van der Waals surface area (Å²) in [6.45, 7) is -0.107. The summed E-state index contributed by atoms with van der Waals surface area (Å²) in [5.74, 6) is 1.72. The first kappa shape index (κ1) is 43.7. The van der Waals surface area contributed by atoms with E-state index in [1.807, 2.05) is 0 Å². The molecule has 0 amide bonds. The first-order valence-corrected chi connectivity index (χ1v) is 27.1. The highest BCUT2D eigenvalue weighted by Gasteiger charge is 2.43. The van der Waals surface area contributed by atoms with Crippen molar-refractivity contribution in [2.75, 3.05) is 9.80 Å². The molecule has 7 heteroatoms. The van der Waals surface area contributed by atoms with Crippen LogP contribution in [0, 0.1) is 0 Å². The van der Waals surface area contributed by atoms with Crippen molar-refractivity contribution >= 4 is 123 Å². The third-order valence-corrected chi connectivity index (χ3v) is 16.6. The molecule has 0 saturated carbocycles. The van der Waals surface area contributed by atoms with Gasteiger partial charge in [-0.3, -0.25) is 0 Å². The van der Waals surface area contributed by atoms with Gasteiger partial charge in [0.15, 0.2) is 0 Å². The minimum absolute atomic E-state index is 0.107. The second-order valence-electron chi connectivity index (χ2n) is 20.8. The summed E-state index contributed by atoms with van der Waals surface area (Å²) in [7, 11) is 0. The van der Waals surface area contributed by atoms with Crippen LogP contribution in [0.1, 0.15) is 0 Å².